The highest BCUT2D eigenvalue weighted by Gasteiger charge is 2.36. The van der Waals surface area contributed by atoms with Crippen LogP contribution in [-0.4, -0.2) is 29.6 Å². The Bertz CT molecular complexity index is 195. The highest BCUT2D eigenvalue weighted by atomic mass is 15.2. The molecule has 1 aliphatic carbocycles. The molecule has 2 N–H and O–H groups in total. The molecule has 0 bridgehead atoms. The Morgan fingerprint density at radius 2 is 1.59 bits per heavy atom. The van der Waals surface area contributed by atoms with Crippen molar-refractivity contribution in [3.63, 3.8) is 0 Å². The Morgan fingerprint density at radius 1 is 1.06 bits per heavy atom. The molecule has 1 aliphatic rings. The minimum absolute atomic E-state index is 0.296. The molecule has 1 fully saturated rings. The molecule has 0 radical (unpaired) electrons. The summed E-state index contributed by atoms with van der Waals surface area (Å²) in [5.41, 5.74) is 6.48. The lowest BCUT2D eigenvalue weighted by Gasteiger charge is -2.47. The van der Waals surface area contributed by atoms with Crippen molar-refractivity contribution in [2.24, 2.45) is 5.73 Å². The van der Waals surface area contributed by atoms with Gasteiger partial charge in [0, 0.05) is 18.1 Å². The van der Waals surface area contributed by atoms with Gasteiger partial charge in [0.15, 0.2) is 0 Å². The molecule has 0 amide bonds. The molecule has 2 nitrogen and oxygen atoms in total. The largest absolute Gasteiger partial charge is 0.329 e. The van der Waals surface area contributed by atoms with Crippen LogP contribution >= 0.6 is 0 Å². The topological polar surface area (TPSA) is 29.3 Å². The van der Waals surface area contributed by atoms with E-state index in [1.807, 2.05) is 0 Å². The van der Waals surface area contributed by atoms with Crippen molar-refractivity contribution in [2.75, 3.05) is 13.1 Å². The van der Waals surface area contributed by atoms with E-state index in [9.17, 15) is 0 Å². The zero-order valence-corrected chi connectivity index (χ0v) is 12.2. The lowest BCUT2D eigenvalue weighted by atomic mass is 9.81. The average molecular weight is 240 g/mol. The molecule has 0 aromatic rings. The van der Waals surface area contributed by atoms with E-state index in [4.69, 9.17) is 5.73 Å². The number of hydrogen-bond acceptors (Lipinski definition) is 2. The summed E-state index contributed by atoms with van der Waals surface area (Å²) in [6.45, 7) is 8.93. The Balaban J connectivity index is 2.80. The zero-order valence-electron chi connectivity index (χ0n) is 12.2. The summed E-state index contributed by atoms with van der Waals surface area (Å²) in [6, 6.07) is 0.669. The number of nitrogens with two attached hydrogens (primary N) is 1. The number of rotatable bonds is 5. The first-order valence-electron chi connectivity index (χ1n) is 7.67. The van der Waals surface area contributed by atoms with Crippen LogP contribution in [0, 0.1) is 0 Å². The minimum atomic E-state index is 0.296. The normalized spacial score (nSPS) is 23.1. The molecular formula is C15H32N2. The van der Waals surface area contributed by atoms with Crippen LogP contribution in [0.1, 0.15) is 72.1 Å². The third-order valence-electron chi connectivity index (χ3n) is 4.74. The Labute approximate surface area is 108 Å². The SMILES string of the molecule is CCC(C)N(CC)C1(CN)CCCCCCC1. The fourth-order valence-electron chi connectivity index (χ4n) is 3.51. The van der Waals surface area contributed by atoms with E-state index in [0.717, 1.165) is 13.1 Å². The van der Waals surface area contributed by atoms with E-state index in [1.165, 1.54) is 51.4 Å². The summed E-state index contributed by atoms with van der Waals surface area (Å²) < 4.78 is 0. The predicted octanol–water partition coefficient (Wildman–Crippen LogP) is 3.55. The molecular weight excluding hydrogens is 208 g/mol. The molecule has 0 aliphatic heterocycles. The molecule has 0 aromatic carbocycles. The van der Waals surface area contributed by atoms with E-state index in [-0.39, 0.29) is 0 Å². The summed E-state index contributed by atoms with van der Waals surface area (Å²) in [5.74, 6) is 0. The molecule has 0 spiro atoms. The van der Waals surface area contributed by atoms with Crippen LogP contribution in [0.4, 0.5) is 0 Å². The van der Waals surface area contributed by atoms with Gasteiger partial charge in [-0.2, -0.15) is 0 Å². The first-order valence-corrected chi connectivity index (χ1v) is 7.67. The van der Waals surface area contributed by atoms with Crippen molar-refractivity contribution >= 4 is 0 Å². The molecule has 2 heteroatoms. The minimum Gasteiger partial charge on any atom is -0.329 e. The van der Waals surface area contributed by atoms with Crippen LogP contribution < -0.4 is 5.73 Å². The Morgan fingerprint density at radius 3 is 2.00 bits per heavy atom. The van der Waals surface area contributed by atoms with Gasteiger partial charge in [0.1, 0.15) is 0 Å². The van der Waals surface area contributed by atoms with Gasteiger partial charge in [0.2, 0.25) is 0 Å². The third kappa shape index (κ3) is 3.69. The summed E-state index contributed by atoms with van der Waals surface area (Å²) in [4.78, 5) is 2.69. The van der Waals surface area contributed by atoms with E-state index in [1.54, 1.807) is 0 Å². The standard InChI is InChI=1S/C15H32N2/c1-4-14(3)17(5-2)15(13-16)11-9-7-6-8-10-12-15/h14H,4-13,16H2,1-3H3. The summed E-state index contributed by atoms with van der Waals surface area (Å²) in [6.07, 6.45) is 10.8. The van der Waals surface area contributed by atoms with Crippen LogP contribution in [0.5, 0.6) is 0 Å². The lowest BCUT2D eigenvalue weighted by Crippen LogP contribution is -2.57. The van der Waals surface area contributed by atoms with Gasteiger partial charge in [-0.05, 0) is 32.7 Å². The molecule has 17 heavy (non-hydrogen) atoms. The maximum atomic E-state index is 6.19. The van der Waals surface area contributed by atoms with Crippen molar-refractivity contribution in [1.82, 2.24) is 4.90 Å². The monoisotopic (exact) mass is 240 g/mol. The summed E-state index contributed by atoms with van der Waals surface area (Å²) in [7, 11) is 0. The highest BCUT2D eigenvalue weighted by Crippen LogP contribution is 2.32. The smallest absolute Gasteiger partial charge is 0.0334 e. The third-order valence-corrected chi connectivity index (χ3v) is 4.74. The first-order chi connectivity index (χ1) is 8.20. The van der Waals surface area contributed by atoms with Gasteiger partial charge in [-0.25, -0.2) is 0 Å². The quantitative estimate of drug-likeness (QED) is 0.796. The van der Waals surface area contributed by atoms with Gasteiger partial charge in [-0.3, -0.25) is 4.90 Å². The molecule has 0 saturated heterocycles. The molecule has 102 valence electrons. The molecule has 1 rings (SSSR count). The lowest BCUT2D eigenvalue weighted by molar-refractivity contribution is 0.0358. The van der Waals surface area contributed by atoms with Gasteiger partial charge >= 0.3 is 0 Å². The summed E-state index contributed by atoms with van der Waals surface area (Å²) >= 11 is 0. The second-order valence-electron chi connectivity index (χ2n) is 5.74. The predicted molar refractivity (Wildman–Crippen MR) is 76.2 cm³/mol. The van der Waals surface area contributed by atoms with Crippen molar-refractivity contribution in [1.29, 1.82) is 0 Å². The fourth-order valence-corrected chi connectivity index (χ4v) is 3.51. The van der Waals surface area contributed by atoms with Crippen LogP contribution in [-0.2, 0) is 0 Å². The first kappa shape index (κ1) is 15.0. The van der Waals surface area contributed by atoms with Gasteiger partial charge in [0.05, 0.1) is 0 Å². The average Bonchev–Trinajstić information content (AvgIpc) is 2.32. The molecule has 0 aromatic heterocycles. The molecule has 1 unspecified atom stereocenters. The highest BCUT2D eigenvalue weighted by molar-refractivity contribution is 4.94. The number of hydrogen-bond donors (Lipinski definition) is 1. The van der Waals surface area contributed by atoms with Crippen molar-refractivity contribution in [3.05, 3.63) is 0 Å². The van der Waals surface area contributed by atoms with Crippen LogP contribution in [0.15, 0.2) is 0 Å². The van der Waals surface area contributed by atoms with E-state index in [0.29, 0.717) is 11.6 Å². The second kappa shape index (κ2) is 7.38. The zero-order chi connectivity index (χ0) is 12.7. The summed E-state index contributed by atoms with van der Waals surface area (Å²) in [5, 5.41) is 0. The van der Waals surface area contributed by atoms with E-state index >= 15 is 0 Å². The van der Waals surface area contributed by atoms with Gasteiger partial charge in [0.25, 0.3) is 0 Å². The van der Waals surface area contributed by atoms with Gasteiger partial charge in [-0.1, -0.05) is 46.0 Å². The van der Waals surface area contributed by atoms with E-state index in [2.05, 4.69) is 25.7 Å². The van der Waals surface area contributed by atoms with Gasteiger partial charge < -0.3 is 5.73 Å². The maximum Gasteiger partial charge on any atom is 0.0334 e. The van der Waals surface area contributed by atoms with Crippen molar-refractivity contribution in [2.45, 2.75) is 83.7 Å². The Hall–Kier alpha value is -0.0800. The molecule has 0 heterocycles. The number of nitrogens with zero attached hydrogens (tertiary/aromatic N) is 1. The van der Waals surface area contributed by atoms with Gasteiger partial charge in [-0.15, -0.1) is 0 Å². The second-order valence-corrected chi connectivity index (χ2v) is 5.74. The van der Waals surface area contributed by atoms with Crippen LogP contribution in [0.3, 0.4) is 0 Å². The maximum absolute atomic E-state index is 6.19. The van der Waals surface area contributed by atoms with Crippen LogP contribution in [0.25, 0.3) is 0 Å². The fraction of sp³-hybridized carbons (Fsp3) is 1.00. The molecule has 1 atom stereocenters. The molecule has 1 saturated carbocycles. The number of likely N-dealkylation sites (N-methyl/N-ethyl adjacent to an activating group) is 1. The van der Waals surface area contributed by atoms with E-state index < -0.39 is 0 Å². The van der Waals surface area contributed by atoms with Crippen molar-refractivity contribution in [3.8, 4) is 0 Å². The van der Waals surface area contributed by atoms with Crippen molar-refractivity contribution < 1.29 is 0 Å². The Kier molecular flexibility index (Phi) is 6.50. The van der Waals surface area contributed by atoms with Crippen LogP contribution in [0.2, 0.25) is 0 Å².